The Bertz CT molecular complexity index is 876. The molecule has 2 aromatic rings. The van der Waals surface area contributed by atoms with Crippen molar-refractivity contribution in [1.82, 2.24) is 5.32 Å². The van der Waals surface area contributed by atoms with Gasteiger partial charge in [0, 0.05) is 11.9 Å². The van der Waals surface area contributed by atoms with E-state index in [0.29, 0.717) is 16.6 Å². The highest BCUT2D eigenvalue weighted by Gasteiger charge is 2.13. The van der Waals surface area contributed by atoms with Crippen LogP contribution < -0.4 is 15.4 Å². The zero-order chi connectivity index (χ0) is 19.9. The van der Waals surface area contributed by atoms with E-state index in [1.807, 2.05) is 43.3 Å². The molecule has 0 aromatic heterocycles. The molecule has 7 heteroatoms. The van der Waals surface area contributed by atoms with Crippen molar-refractivity contribution in [1.29, 1.82) is 0 Å². The van der Waals surface area contributed by atoms with Crippen LogP contribution in [0.4, 0.5) is 5.69 Å². The topological polar surface area (TPSA) is 67.4 Å². The van der Waals surface area contributed by atoms with Gasteiger partial charge in [-0.25, -0.2) is 8.42 Å². The molecule has 0 spiro atoms. The standard InChI is InChI=1S/C20H24N2O3S2/c1-4-14-25-17-10-8-16(9-11-17)21-20(26)22-19(5-2)15-6-12-18(13-7-15)27(3,23)24/h4,6-13,19H,1,5,14H2,2-3H3,(H2,21,22,26)/t19-/m0/s1. The number of benzene rings is 2. The van der Waals surface area contributed by atoms with Crippen molar-refractivity contribution in [3.05, 3.63) is 66.7 Å². The number of rotatable bonds is 8. The molecule has 0 aliphatic rings. The third-order valence-corrected chi connectivity index (χ3v) is 5.25. The van der Waals surface area contributed by atoms with E-state index in [2.05, 4.69) is 17.2 Å². The van der Waals surface area contributed by atoms with Crippen molar-refractivity contribution in [3.8, 4) is 5.75 Å². The summed E-state index contributed by atoms with van der Waals surface area (Å²) in [5, 5.41) is 6.90. The zero-order valence-corrected chi connectivity index (χ0v) is 17.1. The minimum absolute atomic E-state index is 0.0196. The Hall–Kier alpha value is -2.38. The molecule has 0 saturated heterocycles. The zero-order valence-electron chi connectivity index (χ0n) is 15.4. The van der Waals surface area contributed by atoms with Crippen molar-refractivity contribution in [2.45, 2.75) is 24.3 Å². The monoisotopic (exact) mass is 404 g/mol. The predicted octanol–water partition coefficient (Wildman–Crippen LogP) is 4.09. The predicted molar refractivity (Wildman–Crippen MR) is 114 cm³/mol. The minimum atomic E-state index is -3.20. The van der Waals surface area contributed by atoms with Crippen molar-refractivity contribution < 1.29 is 13.2 Å². The number of nitrogens with one attached hydrogen (secondary N) is 2. The Balaban J connectivity index is 1.99. The van der Waals surface area contributed by atoms with Crippen LogP contribution >= 0.6 is 12.2 Å². The maximum atomic E-state index is 11.6. The lowest BCUT2D eigenvalue weighted by Gasteiger charge is -2.20. The molecule has 0 aliphatic carbocycles. The van der Waals surface area contributed by atoms with E-state index in [1.54, 1.807) is 18.2 Å². The summed E-state index contributed by atoms with van der Waals surface area (Å²) in [6.45, 7) is 6.12. The molecular formula is C20H24N2O3S2. The molecule has 2 N–H and O–H groups in total. The first-order valence-corrected chi connectivity index (χ1v) is 10.8. The van der Waals surface area contributed by atoms with Gasteiger partial charge in [-0.05, 0) is 60.6 Å². The van der Waals surface area contributed by atoms with Gasteiger partial charge in [-0.3, -0.25) is 0 Å². The second-order valence-corrected chi connectivity index (χ2v) is 8.45. The fourth-order valence-corrected chi connectivity index (χ4v) is 3.37. The Morgan fingerprint density at radius 1 is 1.19 bits per heavy atom. The third-order valence-electron chi connectivity index (χ3n) is 3.90. The van der Waals surface area contributed by atoms with Crippen LogP contribution in [0.5, 0.6) is 5.75 Å². The molecule has 0 saturated carbocycles. The van der Waals surface area contributed by atoms with Crippen LogP contribution in [-0.2, 0) is 9.84 Å². The minimum Gasteiger partial charge on any atom is -0.490 e. The van der Waals surface area contributed by atoms with Crippen molar-refractivity contribution in [2.75, 3.05) is 18.2 Å². The molecule has 1 atom stereocenters. The molecular weight excluding hydrogens is 380 g/mol. The molecule has 2 aromatic carbocycles. The maximum Gasteiger partial charge on any atom is 0.175 e. The van der Waals surface area contributed by atoms with Gasteiger partial charge >= 0.3 is 0 Å². The van der Waals surface area contributed by atoms with Crippen LogP contribution in [0, 0.1) is 0 Å². The molecule has 0 bridgehead atoms. The van der Waals surface area contributed by atoms with Crippen molar-refractivity contribution >= 4 is 32.9 Å². The molecule has 27 heavy (non-hydrogen) atoms. The summed E-state index contributed by atoms with van der Waals surface area (Å²) in [5.74, 6) is 0.761. The lowest BCUT2D eigenvalue weighted by molar-refractivity contribution is 0.363. The molecule has 2 rings (SSSR count). The normalized spacial score (nSPS) is 12.1. The first kappa shape index (κ1) is 20.9. The number of thiocarbonyl (C=S) groups is 1. The number of sulfone groups is 1. The Kier molecular flexibility index (Phi) is 7.38. The summed E-state index contributed by atoms with van der Waals surface area (Å²) >= 11 is 5.40. The highest BCUT2D eigenvalue weighted by molar-refractivity contribution is 7.90. The van der Waals surface area contributed by atoms with Gasteiger partial charge in [0.15, 0.2) is 14.9 Å². The number of ether oxygens (including phenoxy) is 1. The Labute approximate surface area is 166 Å². The van der Waals surface area contributed by atoms with E-state index < -0.39 is 9.84 Å². The van der Waals surface area contributed by atoms with Gasteiger partial charge in [-0.2, -0.15) is 0 Å². The van der Waals surface area contributed by atoms with Crippen LogP contribution in [0.3, 0.4) is 0 Å². The largest absolute Gasteiger partial charge is 0.490 e. The fraction of sp³-hybridized carbons (Fsp3) is 0.250. The fourth-order valence-electron chi connectivity index (χ4n) is 2.48. The van der Waals surface area contributed by atoms with E-state index in [1.165, 1.54) is 6.26 Å². The Morgan fingerprint density at radius 3 is 2.33 bits per heavy atom. The SMILES string of the molecule is C=CCOc1ccc(NC(=S)N[C@@H](CC)c2ccc(S(C)(=O)=O)cc2)cc1. The van der Waals surface area contributed by atoms with Gasteiger partial charge in [0.2, 0.25) is 0 Å². The molecule has 144 valence electrons. The number of anilines is 1. The van der Waals surface area contributed by atoms with E-state index in [9.17, 15) is 8.42 Å². The van der Waals surface area contributed by atoms with Crippen LogP contribution in [0.15, 0.2) is 66.1 Å². The van der Waals surface area contributed by atoms with E-state index in [4.69, 9.17) is 17.0 Å². The van der Waals surface area contributed by atoms with E-state index in [0.717, 1.165) is 23.4 Å². The van der Waals surface area contributed by atoms with Crippen molar-refractivity contribution in [2.24, 2.45) is 0 Å². The van der Waals surface area contributed by atoms with Gasteiger partial charge in [0.1, 0.15) is 12.4 Å². The van der Waals surface area contributed by atoms with Crippen LogP contribution in [0.1, 0.15) is 24.9 Å². The highest BCUT2D eigenvalue weighted by Crippen LogP contribution is 2.20. The van der Waals surface area contributed by atoms with Gasteiger partial charge < -0.3 is 15.4 Å². The van der Waals surface area contributed by atoms with E-state index >= 15 is 0 Å². The lowest BCUT2D eigenvalue weighted by Crippen LogP contribution is -2.32. The summed E-state index contributed by atoms with van der Waals surface area (Å²) in [4.78, 5) is 0.306. The Morgan fingerprint density at radius 2 is 1.81 bits per heavy atom. The molecule has 0 fully saturated rings. The summed E-state index contributed by atoms with van der Waals surface area (Å²) in [6, 6.07) is 14.3. The van der Waals surface area contributed by atoms with Gasteiger partial charge in [0.25, 0.3) is 0 Å². The number of hydrogen-bond donors (Lipinski definition) is 2. The quantitative estimate of drug-likeness (QED) is 0.510. The van der Waals surface area contributed by atoms with Gasteiger partial charge in [-0.15, -0.1) is 0 Å². The smallest absolute Gasteiger partial charge is 0.175 e. The summed E-state index contributed by atoms with van der Waals surface area (Å²) in [6.07, 6.45) is 3.69. The van der Waals surface area contributed by atoms with Gasteiger partial charge in [0.05, 0.1) is 10.9 Å². The summed E-state index contributed by atoms with van der Waals surface area (Å²) in [7, 11) is -3.20. The molecule has 5 nitrogen and oxygen atoms in total. The summed E-state index contributed by atoms with van der Waals surface area (Å²) in [5.41, 5.74) is 1.82. The summed E-state index contributed by atoms with van der Waals surface area (Å²) < 4.78 is 28.6. The highest BCUT2D eigenvalue weighted by atomic mass is 32.2. The molecule has 0 unspecified atom stereocenters. The number of hydrogen-bond acceptors (Lipinski definition) is 4. The first-order chi connectivity index (χ1) is 12.8. The average Bonchev–Trinajstić information content (AvgIpc) is 2.65. The maximum absolute atomic E-state index is 11.6. The van der Waals surface area contributed by atoms with Crippen LogP contribution in [0.25, 0.3) is 0 Å². The second-order valence-electron chi connectivity index (χ2n) is 6.02. The van der Waals surface area contributed by atoms with E-state index in [-0.39, 0.29) is 6.04 Å². The van der Waals surface area contributed by atoms with Gasteiger partial charge in [-0.1, -0.05) is 31.7 Å². The lowest BCUT2D eigenvalue weighted by atomic mass is 10.1. The first-order valence-electron chi connectivity index (χ1n) is 8.54. The average molecular weight is 405 g/mol. The van der Waals surface area contributed by atoms with Crippen LogP contribution in [0.2, 0.25) is 0 Å². The molecule has 0 radical (unpaired) electrons. The molecule has 0 heterocycles. The van der Waals surface area contributed by atoms with Crippen molar-refractivity contribution in [3.63, 3.8) is 0 Å². The van der Waals surface area contributed by atoms with Crippen LogP contribution in [-0.4, -0.2) is 26.4 Å². The molecule has 0 aliphatic heterocycles. The second kappa shape index (κ2) is 9.53. The molecule has 0 amide bonds. The third kappa shape index (κ3) is 6.37.